The molecule has 0 saturated heterocycles. The van der Waals surface area contributed by atoms with Gasteiger partial charge in [0.1, 0.15) is 12.7 Å². The standard InChI is InChI=1S/C52H100NO8P/c1-6-8-10-12-14-16-18-20-22-24-26-28-30-32-34-36-38-40-42-44-49(56)51(53(3,4)5)52(61-62(58,59)60-47-48(55)46-54)50(57)45-43-41-39-37-35-33-31-29-27-25-23-21-19-17-15-13-11-9-7-2/h20-23,48,51-52,54-55H,6-19,24-47H2,1-5H3/p+1/b22-20-,23-21-/t48-,51?,52?/m1/s1. The molecule has 0 aliphatic heterocycles. The van der Waals surface area contributed by atoms with Crippen molar-refractivity contribution in [3.8, 4) is 0 Å². The minimum atomic E-state index is -4.84. The summed E-state index contributed by atoms with van der Waals surface area (Å²) in [5.41, 5.74) is 0. The van der Waals surface area contributed by atoms with Crippen LogP contribution < -0.4 is 4.89 Å². The van der Waals surface area contributed by atoms with Crippen LogP contribution in [-0.4, -0.2) is 83.8 Å². The van der Waals surface area contributed by atoms with Crippen LogP contribution >= 0.6 is 8.17 Å². The highest BCUT2D eigenvalue weighted by Gasteiger charge is 2.49. The average molecular weight is 899 g/mol. The lowest BCUT2D eigenvalue weighted by atomic mass is 9.93. The second kappa shape index (κ2) is 42.6. The molecule has 4 atom stereocenters. The zero-order valence-corrected chi connectivity index (χ0v) is 42.1. The lowest BCUT2D eigenvalue weighted by Crippen LogP contribution is -2.59. The van der Waals surface area contributed by atoms with Crippen LogP contribution in [0.15, 0.2) is 24.3 Å². The summed E-state index contributed by atoms with van der Waals surface area (Å²) >= 11 is 0. The van der Waals surface area contributed by atoms with Crippen LogP contribution in [0, 0.1) is 0 Å². The molecule has 0 aliphatic rings. The maximum Gasteiger partial charge on any atom is 0.377 e. The number of aliphatic hydroxyl groups is 2. The number of nitrogens with zero attached hydrogens (tertiary/aromatic N) is 1. The monoisotopic (exact) mass is 899 g/mol. The van der Waals surface area contributed by atoms with E-state index in [1.807, 2.05) is 0 Å². The number of phosphoric acid groups is 1. The minimum Gasteiger partial charge on any atom is -0.606 e. The van der Waals surface area contributed by atoms with Crippen molar-refractivity contribution in [1.29, 1.82) is 0 Å². The smallest absolute Gasteiger partial charge is 0.377 e. The van der Waals surface area contributed by atoms with Gasteiger partial charge in [-0.3, -0.25) is 9.59 Å². The fourth-order valence-corrected chi connectivity index (χ4v) is 9.09. The molecule has 0 rings (SSSR count). The molecule has 0 heterocycles. The van der Waals surface area contributed by atoms with E-state index in [0.717, 1.165) is 38.5 Å². The third-order valence-electron chi connectivity index (χ3n) is 12.0. The number of phosphoric ester groups is 1. The number of allylic oxidation sites excluding steroid dienone is 4. The molecule has 3 N–H and O–H groups in total. The predicted molar refractivity (Wildman–Crippen MR) is 261 cm³/mol. The fourth-order valence-electron chi connectivity index (χ4n) is 8.15. The summed E-state index contributed by atoms with van der Waals surface area (Å²) in [5, 5.41) is 18.9. The summed E-state index contributed by atoms with van der Waals surface area (Å²) in [5.74, 6) is -0.557. The van der Waals surface area contributed by atoms with Crippen LogP contribution in [0.25, 0.3) is 0 Å². The van der Waals surface area contributed by atoms with E-state index in [9.17, 15) is 24.5 Å². The van der Waals surface area contributed by atoms with Gasteiger partial charge >= 0.3 is 8.17 Å². The third-order valence-corrected chi connectivity index (χ3v) is 13.0. The lowest BCUT2D eigenvalue weighted by molar-refractivity contribution is -0.888. The number of likely N-dealkylation sites (N-methyl/N-ethyl adjacent to an activating group) is 1. The van der Waals surface area contributed by atoms with Crippen molar-refractivity contribution in [3.63, 3.8) is 0 Å². The van der Waals surface area contributed by atoms with Crippen LogP contribution in [0.4, 0.5) is 0 Å². The Morgan fingerprint density at radius 1 is 0.532 bits per heavy atom. The van der Waals surface area contributed by atoms with Gasteiger partial charge in [-0.15, -0.1) is 0 Å². The van der Waals surface area contributed by atoms with Crippen molar-refractivity contribution in [2.24, 2.45) is 0 Å². The number of carbonyl (C=O) groups is 2. The number of unbranched alkanes of at least 4 members (excludes halogenated alkanes) is 30. The number of aliphatic hydroxyl groups excluding tert-OH is 2. The van der Waals surface area contributed by atoms with E-state index < -0.39 is 39.6 Å². The van der Waals surface area contributed by atoms with Gasteiger partial charge in [0.15, 0.2) is 17.6 Å². The van der Waals surface area contributed by atoms with Crippen LogP contribution in [-0.2, 0) is 18.6 Å². The second-order valence-corrected chi connectivity index (χ2v) is 20.5. The summed E-state index contributed by atoms with van der Waals surface area (Å²) < 4.78 is 10.6. The largest absolute Gasteiger partial charge is 0.606 e. The number of rotatable bonds is 48. The van der Waals surface area contributed by atoms with Gasteiger partial charge in [0.25, 0.3) is 0 Å². The number of quaternary nitrogens is 1. The van der Waals surface area contributed by atoms with Crippen molar-refractivity contribution in [2.75, 3.05) is 34.4 Å². The van der Waals surface area contributed by atoms with Crippen LogP contribution in [0.1, 0.15) is 245 Å². The first-order valence-corrected chi connectivity index (χ1v) is 27.5. The molecule has 9 nitrogen and oxygen atoms in total. The Labute approximate surface area is 383 Å². The van der Waals surface area contributed by atoms with E-state index in [0.29, 0.717) is 12.8 Å². The molecule has 0 radical (unpaired) electrons. The molecule has 366 valence electrons. The van der Waals surface area contributed by atoms with Gasteiger partial charge in [0.2, 0.25) is 6.10 Å². The zero-order chi connectivity index (χ0) is 46.0. The Morgan fingerprint density at radius 3 is 1.16 bits per heavy atom. The number of hydrogen-bond acceptors (Lipinski definition) is 8. The maximum absolute atomic E-state index is 13.8. The zero-order valence-electron chi connectivity index (χ0n) is 41.2. The van der Waals surface area contributed by atoms with Crippen LogP contribution in [0.3, 0.4) is 0 Å². The van der Waals surface area contributed by atoms with Crippen LogP contribution in [0.5, 0.6) is 0 Å². The Hall–Kier alpha value is -1.03. The predicted octanol–water partition coefficient (Wildman–Crippen LogP) is 13.2. The van der Waals surface area contributed by atoms with E-state index >= 15 is 0 Å². The summed E-state index contributed by atoms with van der Waals surface area (Å²) in [6.45, 7) is 3.23. The number of hydrogen-bond donors (Lipinski definition) is 3. The molecule has 0 aromatic heterocycles. The first-order valence-electron chi connectivity index (χ1n) is 26.0. The highest BCUT2D eigenvalue weighted by atomic mass is 31.2. The first-order chi connectivity index (χ1) is 29.9. The molecule has 0 bridgehead atoms. The second-order valence-electron chi connectivity index (χ2n) is 19.1. The van der Waals surface area contributed by atoms with Gasteiger partial charge in [0, 0.05) is 12.8 Å². The van der Waals surface area contributed by atoms with Gasteiger partial charge in [-0.2, -0.15) is 13.9 Å². The molecule has 3 unspecified atom stereocenters. The maximum atomic E-state index is 13.8. The molecule has 0 spiro atoms. The first kappa shape index (κ1) is 61.0. The number of carbonyl (C=O) groups excluding carboxylic acids is 2. The van der Waals surface area contributed by atoms with E-state index in [1.54, 1.807) is 21.1 Å². The quantitative estimate of drug-likeness (QED) is 0.0238. The summed E-state index contributed by atoms with van der Waals surface area (Å²) in [6, 6.07) is -0.990. The SMILES string of the molecule is CCCCCCCC/C=C\CCCCCCCCCCCC(=O)C(O[P+]([O-])(O)OC[C@H](O)CO)C(C(=O)CCCCCCCCCCC/C=C\CCCCCCCC)[N+](C)(C)C. The van der Waals surface area contributed by atoms with Crippen molar-refractivity contribution in [1.82, 2.24) is 0 Å². The van der Waals surface area contributed by atoms with Crippen molar-refractivity contribution in [2.45, 2.75) is 263 Å². The normalized spacial score (nSPS) is 14.8. The summed E-state index contributed by atoms with van der Waals surface area (Å²) in [4.78, 5) is 51.2. The molecule has 0 amide bonds. The minimum absolute atomic E-state index is 0.0545. The van der Waals surface area contributed by atoms with Gasteiger partial charge in [-0.05, 0) is 64.2 Å². The summed E-state index contributed by atoms with van der Waals surface area (Å²) in [7, 11) is 0.551. The molecular weight excluding hydrogens is 798 g/mol. The average Bonchev–Trinajstić information content (AvgIpc) is 3.23. The fraction of sp³-hybridized carbons (Fsp3) is 0.885. The number of Topliss-reactive ketones (excluding diaryl/α,β-unsaturated/α-hetero) is 2. The van der Waals surface area contributed by atoms with Gasteiger partial charge in [0.05, 0.1) is 27.7 Å². The molecule has 0 aliphatic carbocycles. The van der Waals surface area contributed by atoms with E-state index in [-0.39, 0.29) is 28.9 Å². The van der Waals surface area contributed by atoms with Gasteiger partial charge in [-0.1, -0.05) is 192 Å². The highest BCUT2D eigenvalue weighted by Crippen LogP contribution is 2.50. The van der Waals surface area contributed by atoms with Crippen LogP contribution in [0.2, 0.25) is 0 Å². The Kier molecular flexibility index (Phi) is 41.9. The molecule has 0 fully saturated rings. The topological polar surface area (TPSA) is 136 Å². The van der Waals surface area contributed by atoms with E-state index in [1.165, 1.54) is 167 Å². The Balaban J connectivity index is 4.66. The Bertz CT molecular complexity index is 1080. The molecular formula is C52H101NO8P+. The van der Waals surface area contributed by atoms with Crippen molar-refractivity contribution < 1.29 is 43.1 Å². The van der Waals surface area contributed by atoms with Crippen molar-refractivity contribution in [3.05, 3.63) is 24.3 Å². The van der Waals surface area contributed by atoms with Crippen molar-refractivity contribution >= 4 is 19.7 Å². The lowest BCUT2D eigenvalue weighted by Gasteiger charge is -2.37. The molecule has 0 aromatic carbocycles. The highest BCUT2D eigenvalue weighted by molar-refractivity contribution is 7.52. The van der Waals surface area contributed by atoms with E-state index in [2.05, 4.69) is 38.2 Å². The molecule has 10 heteroatoms. The molecule has 0 aromatic rings. The van der Waals surface area contributed by atoms with Gasteiger partial charge < -0.3 is 19.6 Å². The van der Waals surface area contributed by atoms with E-state index in [4.69, 9.17) is 14.2 Å². The summed E-state index contributed by atoms with van der Waals surface area (Å²) in [6.07, 6.45) is 47.8. The molecule has 62 heavy (non-hydrogen) atoms. The number of ketones is 2. The van der Waals surface area contributed by atoms with Gasteiger partial charge in [-0.25, -0.2) is 0 Å². The Morgan fingerprint density at radius 2 is 0.839 bits per heavy atom. The third kappa shape index (κ3) is 38.3. The molecule has 0 saturated carbocycles.